The summed E-state index contributed by atoms with van der Waals surface area (Å²) in [7, 11) is 0. The summed E-state index contributed by atoms with van der Waals surface area (Å²) in [6.07, 6.45) is 2.26. The maximum Gasteiger partial charge on any atom is 0.193 e. The molecule has 0 amide bonds. The number of hydrogen-bond acceptors (Lipinski definition) is 3. The van der Waals surface area contributed by atoms with E-state index in [0.717, 1.165) is 11.3 Å². The quantitative estimate of drug-likeness (QED) is 0.718. The number of hydrogen-bond donors (Lipinski definition) is 0. The maximum absolute atomic E-state index is 10.6. The Labute approximate surface area is 94.2 Å². The second kappa shape index (κ2) is 4.23. The van der Waals surface area contributed by atoms with Gasteiger partial charge in [-0.15, -0.1) is 0 Å². The molecular formula is C13H12N2O. The van der Waals surface area contributed by atoms with Crippen molar-refractivity contribution in [2.75, 3.05) is 0 Å². The first-order valence-corrected chi connectivity index (χ1v) is 5.06. The van der Waals surface area contributed by atoms with Crippen molar-refractivity contribution in [1.82, 2.24) is 9.97 Å². The Bertz CT molecular complexity index is 535. The minimum Gasteiger partial charge on any atom is -0.294 e. The molecule has 0 N–H and O–H groups in total. The molecule has 0 aliphatic heterocycles. The number of carbonyl (C=O) groups excluding carboxylic acids is 1. The number of aldehydes is 1. The predicted molar refractivity (Wildman–Crippen MR) is 62.3 cm³/mol. The highest BCUT2D eigenvalue weighted by molar-refractivity contribution is 5.71. The van der Waals surface area contributed by atoms with Gasteiger partial charge in [-0.25, -0.2) is 9.97 Å². The van der Waals surface area contributed by atoms with Crippen LogP contribution in [0.5, 0.6) is 0 Å². The van der Waals surface area contributed by atoms with Crippen molar-refractivity contribution in [2.24, 2.45) is 0 Å². The van der Waals surface area contributed by atoms with Crippen LogP contribution >= 0.6 is 0 Å². The zero-order valence-electron chi connectivity index (χ0n) is 9.27. The van der Waals surface area contributed by atoms with Gasteiger partial charge in [-0.05, 0) is 37.1 Å². The lowest BCUT2D eigenvalue weighted by Gasteiger charge is -2.04. The maximum atomic E-state index is 10.6. The highest BCUT2D eigenvalue weighted by Crippen LogP contribution is 2.19. The molecule has 1 aromatic carbocycles. The first-order valence-electron chi connectivity index (χ1n) is 5.06. The summed E-state index contributed by atoms with van der Waals surface area (Å²) in [6, 6.07) is 7.91. The molecule has 2 aromatic rings. The molecular weight excluding hydrogens is 200 g/mol. The number of aromatic nitrogens is 2. The Balaban J connectivity index is 2.49. The standard InChI is InChI=1S/C13H12N2O/c1-9-3-4-11(7-10(9)2)12-5-6-14-13(8-16)15-12/h3-8H,1-2H3. The fraction of sp³-hybridized carbons (Fsp3) is 0.154. The molecule has 0 aliphatic rings. The third-order valence-corrected chi connectivity index (χ3v) is 2.58. The minimum atomic E-state index is 0.218. The fourth-order valence-electron chi connectivity index (χ4n) is 1.49. The summed E-state index contributed by atoms with van der Waals surface area (Å²) in [6.45, 7) is 4.12. The number of rotatable bonds is 2. The van der Waals surface area contributed by atoms with Gasteiger partial charge in [-0.3, -0.25) is 4.79 Å². The number of aryl methyl sites for hydroxylation is 2. The van der Waals surface area contributed by atoms with Crippen LogP contribution in [0.15, 0.2) is 30.5 Å². The van der Waals surface area contributed by atoms with Crippen LogP contribution in [0.25, 0.3) is 11.3 Å². The lowest BCUT2D eigenvalue weighted by molar-refractivity contribution is 0.111. The average molecular weight is 212 g/mol. The van der Waals surface area contributed by atoms with Gasteiger partial charge in [0.25, 0.3) is 0 Å². The van der Waals surface area contributed by atoms with Crippen LogP contribution in [0.4, 0.5) is 0 Å². The van der Waals surface area contributed by atoms with Crippen molar-refractivity contribution in [3.05, 3.63) is 47.4 Å². The van der Waals surface area contributed by atoms with Gasteiger partial charge in [0, 0.05) is 11.8 Å². The normalized spacial score (nSPS) is 10.1. The predicted octanol–water partition coefficient (Wildman–Crippen LogP) is 2.57. The van der Waals surface area contributed by atoms with E-state index in [9.17, 15) is 4.79 Å². The molecule has 0 atom stereocenters. The monoisotopic (exact) mass is 212 g/mol. The number of carbonyl (C=O) groups is 1. The topological polar surface area (TPSA) is 42.9 Å². The van der Waals surface area contributed by atoms with Gasteiger partial charge < -0.3 is 0 Å². The molecule has 0 bridgehead atoms. The molecule has 1 aromatic heterocycles. The van der Waals surface area contributed by atoms with E-state index in [0.29, 0.717) is 6.29 Å². The molecule has 0 unspecified atom stereocenters. The molecule has 0 radical (unpaired) electrons. The number of nitrogens with zero attached hydrogens (tertiary/aromatic N) is 2. The van der Waals surface area contributed by atoms with Gasteiger partial charge in [0.1, 0.15) is 0 Å². The van der Waals surface area contributed by atoms with Crippen LogP contribution < -0.4 is 0 Å². The van der Waals surface area contributed by atoms with E-state index >= 15 is 0 Å². The summed E-state index contributed by atoms with van der Waals surface area (Å²) in [5.41, 5.74) is 4.24. The van der Waals surface area contributed by atoms with Gasteiger partial charge >= 0.3 is 0 Å². The van der Waals surface area contributed by atoms with Crippen molar-refractivity contribution in [1.29, 1.82) is 0 Å². The zero-order chi connectivity index (χ0) is 11.5. The summed E-state index contributed by atoms with van der Waals surface area (Å²) >= 11 is 0. The van der Waals surface area contributed by atoms with E-state index in [1.54, 1.807) is 12.3 Å². The minimum absolute atomic E-state index is 0.218. The summed E-state index contributed by atoms with van der Waals surface area (Å²) in [5.74, 6) is 0.218. The van der Waals surface area contributed by atoms with E-state index in [1.807, 2.05) is 12.1 Å². The van der Waals surface area contributed by atoms with E-state index in [4.69, 9.17) is 0 Å². The molecule has 16 heavy (non-hydrogen) atoms. The molecule has 3 heteroatoms. The molecule has 80 valence electrons. The van der Waals surface area contributed by atoms with Gasteiger partial charge in [-0.1, -0.05) is 12.1 Å². The smallest absolute Gasteiger partial charge is 0.193 e. The van der Waals surface area contributed by atoms with E-state index in [1.165, 1.54) is 11.1 Å². The molecule has 0 aliphatic carbocycles. The molecule has 0 spiro atoms. The van der Waals surface area contributed by atoms with E-state index < -0.39 is 0 Å². The van der Waals surface area contributed by atoms with Crippen molar-refractivity contribution >= 4 is 6.29 Å². The second-order valence-corrected chi connectivity index (χ2v) is 3.72. The van der Waals surface area contributed by atoms with Gasteiger partial charge in [0.15, 0.2) is 12.1 Å². The second-order valence-electron chi connectivity index (χ2n) is 3.72. The largest absolute Gasteiger partial charge is 0.294 e. The first-order chi connectivity index (χ1) is 7.70. The Morgan fingerprint density at radius 3 is 2.62 bits per heavy atom. The van der Waals surface area contributed by atoms with Gasteiger partial charge in [-0.2, -0.15) is 0 Å². The Morgan fingerprint density at radius 2 is 1.94 bits per heavy atom. The Hall–Kier alpha value is -2.03. The molecule has 0 saturated carbocycles. The van der Waals surface area contributed by atoms with Crippen molar-refractivity contribution in [3.63, 3.8) is 0 Å². The Kier molecular flexibility index (Phi) is 2.77. The van der Waals surface area contributed by atoms with Crippen molar-refractivity contribution in [2.45, 2.75) is 13.8 Å². The molecule has 3 nitrogen and oxygen atoms in total. The molecule has 0 fully saturated rings. The Morgan fingerprint density at radius 1 is 1.12 bits per heavy atom. The molecule has 0 saturated heterocycles. The van der Waals surface area contributed by atoms with E-state index in [-0.39, 0.29) is 5.82 Å². The lowest BCUT2D eigenvalue weighted by atomic mass is 10.0. The van der Waals surface area contributed by atoms with Gasteiger partial charge in [0.2, 0.25) is 0 Å². The third-order valence-electron chi connectivity index (χ3n) is 2.58. The summed E-state index contributed by atoms with van der Waals surface area (Å²) in [4.78, 5) is 18.6. The van der Waals surface area contributed by atoms with Crippen molar-refractivity contribution in [3.8, 4) is 11.3 Å². The first kappa shape index (κ1) is 10.5. The molecule has 1 heterocycles. The summed E-state index contributed by atoms with van der Waals surface area (Å²) in [5, 5.41) is 0. The average Bonchev–Trinajstić information content (AvgIpc) is 2.33. The van der Waals surface area contributed by atoms with Gasteiger partial charge in [0.05, 0.1) is 5.69 Å². The van der Waals surface area contributed by atoms with Crippen LogP contribution in [-0.2, 0) is 0 Å². The van der Waals surface area contributed by atoms with Crippen molar-refractivity contribution < 1.29 is 4.79 Å². The van der Waals surface area contributed by atoms with Crippen LogP contribution in [0, 0.1) is 13.8 Å². The zero-order valence-corrected chi connectivity index (χ0v) is 9.27. The third kappa shape index (κ3) is 1.98. The highest BCUT2D eigenvalue weighted by atomic mass is 16.1. The SMILES string of the molecule is Cc1ccc(-c2ccnc(C=O)n2)cc1C. The number of benzene rings is 1. The molecule has 2 rings (SSSR count). The summed E-state index contributed by atoms with van der Waals surface area (Å²) < 4.78 is 0. The highest BCUT2D eigenvalue weighted by Gasteiger charge is 2.02. The van der Waals surface area contributed by atoms with Crippen LogP contribution in [0.1, 0.15) is 21.7 Å². The van der Waals surface area contributed by atoms with E-state index in [2.05, 4.69) is 29.9 Å². The van der Waals surface area contributed by atoms with Crippen LogP contribution in [0.3, 0.4) is 0 Å². The lowest BCUT2D eigenvalue weighted by Crippen LogP contribution is -1.94. The fourth-order valence-corrected chi connectivity index (χ4v) is 1.49. The van der Waals surface area contributed by atoms with Crippen LogP contribution in [0.2, 0.25) is 0 Å². The van der Waals surface area contributed by atoms with Crippen LogP contribution in [-0.4, -0.2) is 16.3 Å².